The first-order valence-corrected chi connectivity index (χ1v) is 13.4. The fourth-order valence-corrected chi connectivity index (χ4v) is 4.61. The molecule has 9 heteroatoms. The van der Waals surface area contributed by atoms with E-state index in [1.807, 2.05) is 33.8 Å². The summed E-state index contributed by atoms with van der Waals surface area (Å²) in [6.45, 7) is 9.03. The lowest BCUT2D eigenvalue weighted by Crippen LogP contribution is -2.52. The van der Waals surface area contributed by atoms with Crippen molar-refractivity contribution in [3.05, 3.63) is 65.5 Å². The van der Waals surface area contributed by atoms with Crippen LogP contribution in [0.2, 0.25) is 0 Å². The number of halogens is 1. The van der Waals surface area contributed by atoms with Gasteiger partial charge in [-0.2, -0.15) is 0 Å². The molecule has 0 aromatic heterocycles. The SMILES string of the molecule is Cc1cccc(N(CCCC(=O)N(Cc2ccccc2F)[C@@H](C)C(=O)NC(C)(C)C)S(C)(=O)=O)c1. The van der Waals surface area contributed by atoms with E-state index in [0.29, 0.717) is 11.3 Å². The number of nitrogens with one attached hydrogen (secondary N) is 1. The Balaban J connectivity index is 2.20. The Bertz CT molecular complexity index is 1150. The van der Waals surface area contributed by atoms with Crippen LogP contribution in [0.3, 0.4) is 0 Å². The van der Waals surface area contributed by atoms with Crippen molar-refractivity contribution in [3.8, 4) is 0 Å². The minimum atomic E-state index is -3.56. The summed E-state index contributed by atoms with van der Waals surface area (Å²) < 4.78 is 40.4. The molecular weight excluding hydrogens is 469 g/mol. The van der Waals surface area contributed by atoms with Crippen molar-refractivity contribution in [3.63, 3.8) is 0 Å². The molecule has 0 bridgehead atoms. The normalized spacial score (nSPS) is 12.7. The molecular formula is C26H36FN3O4S. The van der Waals surface area contributed by atoms with Crippen LogP contribution in [0.4, 0.5) is 10.1 Å². The number of nitrogens with zero attached hydrogens (tertiary/aromatic N) is 2. The molecule has 192 valence electrons. The van der Waals surface area contributed by atoms with E-state index in [1.165, 1.54) is 15.3 Å². The number of benzene rings is 2. The van der Waals surface area contributed by atoms with Gasteiger partial charge in [0.1, 0.15) is 11.9 Å². The van der Waals surface area contributed by atoms with Gasteiger partial charge in [-0.05, 0) is 64.8 Å². The molecule has 2 aromatic rings. The van der Waals surface area contributed by atoms with E-state index < -0.39 is 27.4 Å². The van der Waals surface area contributed by atoms with Gasteiger partial charge in [-0.3, -0.25) is 13.9 Å². The largest absolute Gasteiger partial charge is 0.350 e. The standard InChI is InChI=1S/C26H36FN3O4S/c1-19-11-9-13-22(17-19)30(35(6,33)34)16-10-15-24(31)29(18-21-12-7-8-14-23(21)27)20(2)25(32)28-26(3,4)5/h7-9,11-14,17,20H,10,15-16,18H2,1-6H3,(H,28,32)/t20-/m0/s1. The lowest BCUT2D eigenvalue weighted by Gasteiger charge is -2.32. The second-order valence-corrected chi connectivity index (χ2v) is 11.7. The summed E-state index contributed by atoms with van der Waals surface area (Å²) in [7, 11) is -3.56. The van der Waals surface area contributed by atoms with E-state index in [9.17, 15) is 22.4 Å². The van der Waals surface area contributed by atoms with Gasteiger partial charge < -0.3 is 10.2 Å². The van der Waals surface area contributed by atoms with Gasteiger partial charge in [0.15, 0.2) is 0 Å². The van der Waals surface area contributed by atoms with E-state index in [2.05, 4.69) is 5.32 Å². The van der Waals surface area contributed by atoms with Gasteiger partial charge in [0.25, 0.3) is 0 Å². The molecule has 1 atom stereocenters. The second-order valence-electron chi connectivity index (χ2n) is 9.81. The molecule has 0 saturated heterocycles. The van der Waals surface area contributed by atoms with Crippen LogP contribution in [-0.2, 0) is 26.2 Å². The number of hydrogen-bond acceptors (Lipinski definition) is 4. The molecule has 0 aliphatic rings. The summed E-state index contributed by atoms with van der Waals surface area (Å²) >= 11 is 0. The third-order valence-corrected chi connectivity index (χ3v) is 6.60. The number of aryl methyl sites for hydroxylation is 1. The number of sulfonamides is 1. The van der Waals surface area contributed by atoms with Crippen LogP contribution in [0.25, 0.3) is 0 Å². The molecule has 2 amide bonds. The Hall–Kier alpha value is -2.94. The summed E-state index contributed by atoms with van der Waals surface area (Å²) in [6.07, 6.45) is 1.36. The molecule has 0 spiro atoms. The van der Waals surface area contributed by atoms with Crippen LogP contribution in [0.15, 0.2) is 48.5 Å². The molecule has 2 rings (SSSR count). The van der Waals surface area contributed by atoms with Gasteiger partial charge in [0.2, 0.25) is 21.8 Å². The Morgan fingerprint density at radius 1 is 1.09 bits per heavy atom. The molecule has 1 N–H and O–H groups in total. The monoisotopic (exact) mass is 505 g/mol. The molecule has 7 nitrogen and oxygen atoms in total. The fraction of sp³-hybridized carbons (Fsp3) is 0.462. The van der Waals surface area contributed by atoms with Gasteiger partial charge in [0, 0.05) is 30.6 Å². The molecule has 0 heterocycles. The maximum Gasteiger partial charge on any atom is 0.242 e. The highest BCUT2D eigenvalue weighted by Crippen LogP contribution is 2.21. The molecule has 0 aliphatic carbocycles. The maximum absolute atomic E-state index is 14.3. The van der Waals surface area contributed by atoms with Gasteiger partial charge in [-0.1, -0.05) is 30.3 Å². The quantitative estimate of drug-likeness (QED) is 0.529. The molecule has 0 aliphatic heterocycles. The van der Waals surface area contributed by atoms with Crippen LogP contribution < -0.4 is 9.62 Å². The number of amides is 2. The number of hydrogen-bond donors (Lipinski definition) is 1. The highest BCUT2D eigenvalue weighted by Gasteiger charge is 2.29. The number of rotatable bonds is 10. The van der Waals surface area contributed by atoms with Gasteiger partial charge >= 0.3 is 0 Å². The van der Waals surface area contributed by atoms with Crippen LogP contribution in [0, 0.1) is 12.7 Å². The topological polar surface area (TPSA) is 86.8 Å². The lowest BCUT2D eigenvalue weighted by atomic mass is 10.1. The molecule has 2 aromatic carbocycles. The summed E-state index contributed by atoms with van der Waals surface area (Å²) in [5, 5.41) is 2.86. The maximum atomic E-state index is 14.3. The smallest absolute Gasteiger partial charge is 0.242 e. The zero-order chi connectivity index (χ0) is 26.4. The average molecular weight is 506 g/mol. The van der Waals surface area contributed by atoms with E-state index in [-0.39, 0.29) is 37.7 Å². The lowest BCUT2D eigenvalue weighted by molar-refractivity contribution is -0.141. The Morgan fingerprint density at radius 3 is 2.31 bits per heavy atom. The third-order valence-electron chi connectivity index (χ3n) is 5.41. The summed E-state index contributed by atoms with van der Waals surface area (Å²) in [6, 6.07) is 12.4. The predicted octanol–water partition coefficient (Wildman–Crippen LogP) is 4.01. The highest BCUT2D eigenvalue weighted by molar-refractivity contribution is 7.92. The first-order valence-electron chi connectivity index (χ1n) is 11.6. The number of carbonyl (C=O) groups is 2. The van der Waals surface area contributed by atoms with Crippen LogP contribution in [0.1, 0.15) is 51.7 Å². The Kier molecular flexibility index (Phi) is 9.43. The second kappa shape index (κ2) is 11.7. The van der Waals surface area contributed by atoms with Gasteiger partial charge in [0.05, 0.1) is 11.9 Å². The Morgan fingerprint density at radius 2 is 1.74 bits per heavy atom. The van der Waals surface area contributed by atoms with Crippen molar-refractivity contribution in [1.29, 1.82) is 0 Å². The highest BCUT2D eigenvalue weighted by atomic mass is 32.2. The van der Waals surface area contributed by atoms with Gasteiger partial charge in [-0.15, -0.1) is 0 Å². The first-order chi connectivity index (χ1) is 16.2. The third kappa shape index (κ3) is 8.65. The van der Waals surface area contributed by atoms with Crippen molar-refractivity contribution in [2.75, 3.05) is 17.1 Å². The van der Waals surface area contributed by atoms with Crippen LogP contribution in [0.5, 0.6) is 0 Å². The first kappa shape index (κ1) is 28.3. The van der Waals surface area contributed by atoms with Crippen LogP contribution >= 0.6 is 0 Å². The molecule has 0 unspecified atom stereocenters. The number of anilines is 1. The molecule has 0 fully saturated rings. The minimum Gasteiger partial charge on any atom is -0.350 e. The number of carbonyl (C=O) groups excluding carboxylic acids is 2. The van der Waals surface area contributed by atoms with Crippen molar-refractivity contribution in [1.82, 2.24) is 10.2 Å². The molecule has 0 saturated carbocycles. The van der Waals surface area contributed by atoms with Crippen LogP contribution in [-0.4, -0.2) is 49.5 Å². The van der Waals surface area contributed by atoms with Gasteiger partial charge in [-0.25, -0.2) is 12.8 Å². The van der Waals surface area contributed by atoms with E-state index in [0.717, 1.165) is 11.8 Å². The van der Waals surface area contributed by atoms with Crippen molar-refractivity contribution in [2.24, 2.45) is 0 Å². The minimum absolute atomic E-state index is 0.000569. The molecule has 0 radical (unpaired) electrons. The summed E-state index contributed by atoms with van der Waals surface area (Å²) in [5.41, 5.74) is 1.25. The zero-order valence-corrected chi connectivity index (χ0v) is 22.2. The van der Waals surface area contributed by atoms with E-state index >= 15 is 0 Å². The summed E-state index contributed by atoms with van der Waals surface area (Å²) in [4.78, 5) is 27.4. The van der Waals surface area contributed by atoms with Crippen molar-refractivity contribution >= 4 is 27.5 Å². The average Bonchev–Trinajstić information content (AvgIpc) is 2.73. The summed E-state index contributed by atoms with van der Waals surface area (Å²) in [5.74, 6) is -1.17. The predicted molar refractivity (Wildman–Crippen MR) is 137 cm³/mol. The van der Waals surface area contributed by atoms with Crippen molar-refractivity contribution in [2.45, 2.75) is 65.6 Å². The molecule has 35 heavy (non-hydrogen) atoms. The fourth-order valence-electron chi connectivity index (χ4n) is 3.65. The zero-order valence-electron chi connectivity index (χ0n) is 21.3. The van der Waals surface area contributed by atoms with E-state index in [1.54, 1.807) is 43.3 Å². The Labute approximate surface area is 208 Å². The van der Waals surface area contributed by atoms with E-state index in [4.69, 9.17) is 0 Å². The van der Waals surface area contributed by atoms with Crippen molar-refractivity contribution < 1.29 is 22.4 Å².